The first kappa shape index (κ1) is 10.6. The van der Waals surface area contributed by atoms with Crippen LogP contribution in [0.1, 0.15) is 19.4 Å². The highest BCUT2D eigenvalue weighted by Crippen LogP contribution is 2.23. The standard InChI is InChI=1S/C12H15O2/c1-4-10-7-11(13-5-2)9-12(8-10)14-6-3/h1,4,7-9H,5-6H2,2-3H3. The summed E-state index contributed by atoms with van der Waals surface area (Å²) >= 11 is 0. The molecule has 0 aliphatic carbocycles. The monoisotopic (exact) mass is 191 g/mol. The van der Waals surface area contributed by atoms with Crippen LogP contribution in [0.5, 0.6) is 11.5 Å². The molecule has 1 radical (unpaired) electrons. The van der Waals surface area contributed by atoms with Gasteiger partial charge in [0.05, 0.1) is 13.2 Å². The number of hydrogen-bond acceptors (Lipinski definition) is 2. The fraction of sp³-hybridized carbons (Fsp3) is 0.333. The maximum Gasteiger partial charge on any atom is 0.123 e. The van der Waals surface area contributed by atoms with Gasteiger partial charge in [-0.3, -0.25) is 0 Å². The number of hydrogen-bond donors (Lipinski definition) is 0. The van der Waals surface area contributed by atoms with Gasteiger partial charge in [0.2, 0.25) is 0 Å². The van der Waals surface area contributed by atoms with Gasteiger partial charge in [0.1, 0.15) is 11.5 Å². The summed E-state index contributed by atoms with van der Waals surface area (Å²) in [5.74, 6) is 1.57. The fourth-order valence-corrected chi connectivity index (χ4v) is 1.19. The first-order valence-electron chi connectivity index (χ1n) is 4.75. The van der Waals surface area contributed by atoms with Crippen molar-refractivity contribution in [1.29, 1.82) is 0 Å². The Morgan fingerprint density at radius 2 is 1.57 bits per heavy atom. The molecule has 0 heterocycles. The predicted octanol–water partition coefficient (Wildman–Crippen LogP) is 2.93. The second-order valence-corrected chi connectivity index (χ2v) is 2.77. The summed E-state index contributed by atoms with van der Waals surface area (Å²) in [6, 6.07) is 5.62. The van der Waals surface area contributed by atoms with E-state index in [1.807, 2.05) is 32.0 Å². The molecule has 0 aliphatic heterocycles. The molecule has 0 bridgehead atoms. The van der Waals surface area contributed by atoms with Gasteiger partial charge in [-0.15, -0.1) is 0 Å². The van der Waals surface area contributed by atoms with E-state index >= 15 is 0 Å². The van der Waals surface area contributed by atoms with Crippen LogP contribution in [0.15, 0.2) is 18.2 Å². The van der Waals surface area contributed by atoms with Crippen molar-refractivity contribution in [2.24, 2.45) is 0 Å². The molecule has 14 heavy (non-hydrogen) atoms. The Hall–Kier alpha value is -1.44. The van der Waals surface area contributed by atoms with E-state index in [1.54, 1.807) is 0 Å². The van der Waals surface area contributed by atoms with Crippen LogP contribution in [0.2, 0.25) is 0 Å². The van der Waals surface area contributed by atoms with Crippen LogP contribution in [0, 0.1) is 6.58 Å². The lowest BCUT2D eigenvalue weighted by Crippen LogP contribution is -1.95. The fourth-order valence-electron chi connectivity index (χ4n) is 1.19. The van der Waals surface area contributed by atoms with Crippen LogP contribution >= 0.6 is 0 Å². The first-order valence-corrected chi connectivity index (χ1v) is 4.75. The zero-order valence-electron chi connectivity index (χ0n) is 8.62. The van der Waals surface area contributed by atoms with E-state index in [4.69, 9.17) is 16.1 Å². The minimum Gasteiger partial charge on any atom is -0.494 e. The lowest BCUT2D eigenvalue weighted by atomic mass is 10.2. The summed E-state index contributed by atoms with van der Waals surface area (Å²) < 4.78 is 10.8. The van der Waals surface area contributed by atoms with Gasteiger partial charge in [-0.1, -0.05) is 12.7 Å². The van der Waals surface area contributed by atoms with E-state index in [9.17, 15) is 0 Å². The summed E-state index contributed by atoms with van der Waals surface area (Å²) in [4.78, 5) is 0. The van der Waals surface area contributed by atoms with E-state index in [0.717, 1.165) is 17.1 Å². The van der Waals surface area contributed by atoms with E-state index < -0.39 is 0 Å². The molecule has 0 amide bonds. The third-order valence-electron chi connectivity index (χ3n) is 1.72. The molecule has 2 heteroatoms. The van der Waals surface area contributed by atoms with Gasteiger partial charge in [-0.2, -0.15) is 0 Å². The van der Waals surface area contributed by atoms with E-state index in [1.165, 1.54) is 6.08 Å². The molecule has 1 rings (SSSR count). The lowest BCUT2D eigenvalue weighted by Gasteiger charge is -2.08. The molecule has 0 saturated heterocycles. The molecule has 0 aromatic heterocycles. The number of rotatable bonds is 5. The Kier molecular flexibility index (Phi) is 4.05. The molecule has 0 aliphatic rings. The second kappa shape index (κ2) is 5.32. The molecule has 0 saturated carbocycles. The van der Waals surface area contributed by atoms with Gasteiger partial charge in [-0.05, 0) is 31.5 Å². The van der Waals surface area contributed by atoms with Crippen LogP contribution in [0.3, 0.4) is 0 Å². The van der Waals surface area contributed by atoms with Crippen molar-refractivity contribution in [2.45, 2.75) is 13.8 Å². The lowest BCUT2D eigenvalue weighted by molar-refractivity contribution is 0.323. The molecule has 0 fully saturated rings. The molecule has 75 valence electrons. The van der Waals surface area contributed by atoms with Crippen molar-refractivity contribution in [3.05, 3.63) is 30.3 Å². The molecule has 0 unspecified atom stereocenters. The van der Waals surface area contributed by atoms with Crippen LogP contribution in [0.25, 0.3) is 6.08 Å². The van der Waals surface area contributed by atoms with Gasteiger partial charge >= 0.3 is 0 Å². The molecular formula is C12H15O2. The summed E-state index contributed by atoms with van der Waals surface area (Å²) in [5, 5.41) is 0. The number of ether oxygens (including phenoxy) is 2. The van der Waals surface area contributed by atoms with E-state index in [0.29, 0.717) is 13.2 Å². The Balaban J connectivity index is 2.94. The van der Waals surface area contributed by atoms with E-state index in [-0.39, 0.29) is 0 Å². The molecule has 1 aromatic carbocycles. The third-order valence-corrected chi connectivity index (χ3v) is 1.72. The second-order valence-electron chi connectivity index (χ2n) is 2.77. The van der Waals surface area contributed by atoms with Gasteiger partial charge < -0.3 is 9.47 Å². The predicted molar refractivity (Wildman–Crippen MR) is 57.5 cm³/mol. The van der Waals surface area contributed by atoms with Crippen LogP contribution in [-0.4, -0.2) is 13.2 Å². The van der Waals surface area contributed by atoms with Gasteiger partial charge in [0, 0.05) is 6.07 Å². The molecule has 0 atom stereocenters. The number of benzene rings is 1. The zero-order chi connectivity index (χ0) is 10.4. The Morgan fingerprint density at radius 1 is 1.07 bits per heavy atom. The first-order chi connectivity index (χ1) is 6.80. The SMILES string of the molecule is [CH]=Cc1cc(OCC)cc(OCC)c1. The highest BCUT2D eigenvalue weighted by molar-refractivity contribution is 5.52. The molecular weight excluding hydrogens is 176 g/mol. The topological polar surface area (TPSA) is 18.5 Å². The molecule has 0 spiro atoms. The summed E-state index contributed by atoms with van der Waals surface area (Å²) in [5.41, 5.74) is 0.902. The maximum atomic E-state index is 5.44. The van der Waals surface area contributed by atoms with Gasteiger partial charge in [0.25, 0.3) is 0 Å². The van der Waals surface area contributed by atoms with Crippen molar-refractivity contribution in [2.75, 3.05) is 13.2 Å². The Bertz CT molecular complexity index is 281. The largest absolute Gasteiger partial charge is 0.494 e. The van der Waals surface area contributed by atoms with Crippen molar-refractivity contribution in [3.63, 3.8) is 0 Å². The normalized spacial score (nSPS) is 9.57. The average Bonchev–Trinajstić information content (AvgIpc) is 2.18. The van der Waals surface area contributed by atoms with Gasteiger partial charge in [-0.25, -0.2) is 0 Å². The summed E-state index contributed by atoms with van der Waals surface area (Å²) in [6.07, 6.45) is 1.53. The smallest absolute Gasteiger partial charge is 0.123 e. The van der Waals surface area contributed by atoms with Crippen LogP contribution in [-0.2, 0) is 0 Å². The van der Waals surface area contributed by atoms with E-state index in [2.05, 4.69) is 0 Å². The van der Waals surface area contributed by atoms with Crippen molar-refractivity contribution >= 4 is 6.08 Å². The Morgan fingerprint density at radius 3 is 1.93 bits per heavy atom. The molecule has 0 N–H and O–H groups in total. The summed E-state index contributed by atoms with van der Waals surface area (Å²) in [6.45, 7) is 10.6. The van der Waals surface area contributed by atoms with Crippen molar-refractivity contribution in [1.82, 2.24) is 0 Å². The summed E-state index contributed by atoms with van der Waals surface area (Å²) in [7, 11) is 0. The minimum atomic E-state index is 0.638. The van der Waals surface area contributed by atoms with Crippen molar-refractivity contribution in [3.8, 4) is 11.5 Å². The minimum absolute atomic E-state index is 0.638. The quantitative estimate of drug-likeness (QED) is 0.712. The van der Waals surface area contributed by atoms with Gasteiger partial charge in [0.15, 0.2) is 0 Å². The molecule has 2 nitrogen and oxygen atoms in total. The maximum absolute atomic E-state index is 5.44. The van der Waals surface area contributed by atoms with Crippen LogP contribution in [0.4, 0.5) is 0 Å². The van der Waals surface area contributed by atoms with Crippen molar-refractivity contribution < 1.29 is 9.47 Å². The highest BCUT2D eigenvalue weighted by Gasteiger charge is 1.99. The molecule has 1 aromatic rings. The Labute approximate surface area is 85.2 Å². The average molecular weight is 191 g/mol. The third kappa shape index (κ3) is 2.80. The zero-order valence-corrected chi connectivity index (χ0v) is 8.62. The highest BCUT2D eigenvalue weighted by atomic mass is 16.5. The van der Waals surface area contributed by atoms with Crippen LogP contribution < -0.4 is 9.47 Å².